The topological polar surface area (TPSA) is 98.2 Å². The van der Waals surface area contributed by atoms with Crippen LogP contribution in [0.15, 0.2) is 15.9 Å². The number of hydrogen-bond acceptors (Lipinski definition) is 4. The maximum absolute atomic E-state index is 11.4. The number of rotatable bonds is 5. The van der Waals surface area contributed by atoms with Gasteiger partial charge in [-0.25, -0.2) is 0 Å². The summed E-state index contributed by atoms with van der Waals surface area (Å²) in [6.07, 6.45) is -0.139. The Morgan fingerprint density at radius 3 is 2.65 bits per heavy atom. The van der Waals surface area contributed by atoms with E-state index in [0.717, 1.165) is 9.35 Å². The number of nitrogens with one attached hydrogen (secondary N) is 1. The van der Waals surface area contributed by atoms with Crippen molar-refractivity contribution in [2.75, 3.05) is 0 Å². The van der Waals surface area contributed by atoms with Gasteiger partial charge in [0.1, 0.15) is 0 Å². The van der Waals surface area contributed by atoms with Crippen molar-refractivity contribution in [2.45, 2.75) is 19.0 Å². The second-order valence-corrected chi connectivity index (χ2v) is 5.14. The van der Waals surface area contributed by atoms with Crippen LogP contribution in [-0.2, 0) is 16.1 Å². The summed E-state index contributed by atoms with van der Waals surface area (Å²) in [4.78, 5) is 23.0. The second kappa shape index (κ2) is 7.65. The molecular formula is C9H13BrClN3O2S. The zero-order valence-corrected chi connectivity index (χ0v) is 12.0. The molecule has 1 rings (SSSR count). The van der Waals surface area contributed by atoms with E-state index in [0.29, 0.717) is 6.54 Å². The van der Waals surface area contributed by atoms with Gasteiger partial charge in [-0.1, -0.05) is 0 Å². The molecule has 0 saturated heterocycles. The molecule has 0 radical (unpaired) electrons. The van der Waals surface area contributed by atoms with Crippen LogP contribution in [0.5, 0.6) is 0 Å². The minimum atomic E-state index is -0.874. The van der Waals surface area contributed by atoms with E-state index in [2.05, 4.69) is 21.2 Å². The number of halogens is 2. The predicted molar refractivity (Wildman–Crippen MR) is 72.9 cm³/mol. The fraction of sp³-hybridized carbons (Fsp3) is 0.333. The van der Waals surface area contributed by atoms with Crippen LogP contribution >= 0.6 is 39.7 Å². The molecule has 0 aliphatic heterocycles. The highest BCUT2D eigenvalue weighted by Gasteiger charge is 2.15. The molecule has 5 nitrogen and oxygen atoms in total. The molecule has 1 heterocycles. The lowest BCUT2D eigenvalue weighted by Crippen LogP contribution is -2.42. The van der Waals surface area contributed by atoms with Gasteiger partial charge in [0.15, 0.2) is 0 Å². The summed E-state index contributed by atoms with van der Waals surface area (Å²) in [7, 11) is 0. The molecular weight excluding hydrogens is 330 g/mol. The number of carbonyl (C=O) groups excluding carboxylic acids is 2. The summed E-state index contributed by atoms with van der Waals surface area (Å²) in [6.45, 7) is 0.404. The largest absolute Gasteiger partial charge is 0.370 e. The smallest absolute Gasteiger partial charge is 0.237 e. The van der Waals surface area contributed by atoms with Crippen LogP contribution in [0.2, 0.25) is 0 Å². The minimum absolute atomic E-state index is 0. The van der Waals surface area contributed by atoms with Crippen molar-refractivity contribution >= 4 is 51.5 Å². The molecule has 96 valence electrons. The van der Waals surface area contributed by atoms with Crippen molar-refractivity contribution in [2.24, 2.45) is 11.5 Å². The molecule has 5 N–H and O–H groups in total. The molecule has 0 fully saturated rings. The molecule has 0 bridgehead atoms. The standard InChI is InChI=1S/C9H12BrN3O2S.ClH/c10-5-1-6(16-4-5)3-13-9(15)7(11)2-8(12)14;/h1,4,7H,2-3,11H2,(H2,12,14)(H,13,15);1H. The van der Waals surface area contributed by atoms with E-state index in [1.807, 2.05) is 11.4 Å². The summed E-state index contributed by atoms with van der Waals surface area (Å²) < 4.78 is 0.975. The SMILES string of the molecule is Cl.NC(=O)CC(N)C(=O)NCc1cc(Br)cs1. The third-order valence-corrected chi connectivity index (χ3v) is 3.51. The highest BCUT2D eigenvalue weighted by Crippen LogP contribution is 2.19. The number of nitrogens with two attached hydrogens (primary N) is 2. The predicted octanol–water partition coefficient (Wildman–Crippen LogP) is 0.751. The Morgan fingerprint density at radius 1 is 1.53 bits per heavy atom. The van der Waals surface area contributed by atoms with Crippen molar-refractivity contribution in [3.63, 3.8) is 0 Å². The van der Waals surface area contributed by atoms with Gasteiger partial charge in [0.2, 0.25) is 11.8 Å². The van der Waals surface area contributed by atoms with Gasteiger partial charge in [-0.05, 0) is 22.0 Å². The van der Waals surface area contributed by atoms with Crippen LogP contribution in [0.4, 0.5) is 0 Å². The number of amides is 2. The maximum atomic E-state index is 11.4. The second-order valence-electron chi connectivity index (χ2n) is 3.23. The summed E-state index contributed by atoms with van der Waals surface area (Å²) >= 11 is 4.84. The average Bonchev–Trinajstić information content (AvgIpc) is 2.59. The Labute approximate surface area is 117 Å². The van der Waals surface area contributed by atoms with Gasteiger partial charge in [0.25, 0.3) is 0 Å². The van der Waals surface area contributed by atoms with Crippen molar-refractivity contribution in [1.82, 2.24) is 5.32 Å². The molecule has 1 aromatic heterocycles. The highest BCUT2D eigenvalue weighted by molar-refractivity contribution is 9.10. The molecule has 1 aromatic rings. The molecule has 2 amide bonds. The van der Waals surface area contributed by atoms with Crippen LogP contribution in [0.3, 0.4) is 0 Å². The molecule has 0 aliphatic rings. The molecule has 0 saturated carbocycles. The van der Waals surface area contributed by atoms with Crippen molar-refractivity contribution in [3.8, 4) is 0 Å². The van der Waals surface area contributed by atoms with E-state index in [4.69, 9.17) is 11.5 Å². The van der Waals surface area contributed by atoms with Gasteiger partial charge in [-0.2, -0.15) is 0 Å². The van der Waals surface area contributed by atoms with Crippen molar-refractivity contribution < 1.29 is 9.59 Å². The van der Waals surface area contributed by atoms with Gasteiger partial charge < -0.3 is 16.8 Å². The zero-order chi connectivity index (χ0) is 12.1. The first-order valence-electron chi connectivity index (χ1n) is 4.53. The van der Waals surface area contributed by atoms with Crippen LogP contribution in [0.25, 0.3) is 0 Å². The molecule has 17 heavy (non-hydrogen) atoms. The summed E-state index contributed by atoms with van der Waals surface area (Å²) in [5.74, 6) is -0.954. The fourth-order valence-electron chi connectivity index (χ4n) is 1.06. The molecule has 0 aromatic carbocycles. The highest BCUT2D eigenvalue weighted by atomic mass is 79.9. The van der Waals surface area contributed by atoms with Crippen molar-refractivity contribution in [3.05, 3.63) is 20.8 Å². The quantitative estimate of drug-likeness (QED) is 0.736. The Bertz CT molecular complexity index is 399. The van der Waals surface area contributed by atoms with Crippen LogP contribution in [0, 0.1) is 0 Å². The Morgan fingerprint density at radius 2 is 2.18 bits per heavy atom. The van der Waals surface area contributed by atoms with E-state index in [9.17, 15) is 9.59 Å². The Hall–Kier alpha value is -0.630. The Balaban J connectivity index is 0.00000256. The molecule has 1 unspecified atom stereocenters. The Kier molecular flexibility index (Phi) is 7.37. The van der Waals surface area contributed by atoms with Gasteiger partial charge >= 0.3 is 0 Å². The van der Waals surface area contributed by atoms with Gasteiger partial charge in [-0.15, -0.1) is 23.7 Å². The van der Waals surface area contributed by atoms with Crippen LogP contribution in [0.1, 0.15) is 11.3 Å². The number of carbonyl (C=O) groups is 2. The van der Waals surface area contributed by atoms with Gasteiger partial charge in [-0.3, -0.25) is 9.59 Å². The third kappa shape index (κ3) is 6.02. The van der Waals surface area contributed by atoms with E-state index in [-0.39, 0.29) is 24.7 Å². The molecule has 0 aliphatic carbocycles. The first-order chi connectivity index (χ1) is 7.49. The van der Waals surface area contributed by atoms with Crippen molar-refractivity contribution in [1.29, 1.82) is 0 Å². The fourth-order valence-corrected chi connectivity index (χ4v) is 2.45. The van der Waals surface area contributed by atoms with E-state index < -0.39 is 11.9 Å². The molecule has 0 spiro atoms. The molecule has 1 atom stereocenters. The van der Waals surface area contributed by atoms with Gasteiger partial charge in [0, 0.05) is 14.7 Å². The summed E-state index contributed by atoms with van der Waals surface area (Å²) in [6, 6.07) is 1.03. The minimum Gasteiger partial charge on any atom is -0.370 e. The maximum Gasteiger partial charge on any atom is 0.237 e. The number of hydrogen-bond donors (Lipinski definition) is 3. The van der Waals surface area contributed by atoms with Crippen LogP contribution in [-0.4, -0.2) is 17.9 Å². The monoisotopic (exact) mass is 341 g/mol. The summed E-state index contributed by atoms with van der Waals surface area (Å²) in [5.41, 5.74) is 10.4. The molecule has 8 heteroatoms. The third-order valence-electron chi connectivity index (χ3n) is 1.82. The normalized spacial score (nSPS) is 11.4. The van der Waals surface area contributed by atoms with E-state index >= 15 is 0 Å². The van der Waals surface area contributed by atoms with Crippen LogP contribution < -0.4 is 16.8 Å². The van der Waals surface area contributed by atoms with E-state index in [1.54, 1.807) is 0 Å². The first-order valence-corrected chi connectivity index (χ1v) is 6.21. The lowest BCUT2D eigenvalue weighted by molar-refractivity contribution is -0.126. The summed E-state index contributed by atoms with van der Waals surface area (Å²) in [5, 5.41) is 4.56. The van der Waals surface area contributed by atoms with Gasteiger partial charge in [0.05, 0.1) is 19.0 Å². The number of primary amides is 1. The first kappa shape index (κ1) is 16.4. The lowest BCUT2D eigenvalue weighted by Gasteiger charge is -2.09. The lowest BCUT2D eigenvalue weighted by atomic mass is 10.2. The zero-order valence-electron chi connectivity index (χ0n) is 8.81. The average molecular weight is 343 g/mol. The van der Waals surface area contributed by atoms with E-state index in [1.165, 1.54) is 11.3 Å². The number of thiophene rings is 1.